The molecule has 11 nitrogen and oxygen atoms in total. The SMILES string of the molecule is COC(=O)N1CCC(CN(C2Cc3cc(C#N)ccc3N(Cc3cncn3C)C2)S(=O)(=O)c2ccc(OC)cc2)CC1. The van der Waals surface area contributed by atoms with Gasteiger partial charge >= 0.3 is 6.09 Å². The van der Waals surface area contributed by atoms with Crippen molar-refractivity contribution in [2.75, 3.05) is 45.3 Å². The van der Waals surface area contributed by atoms with Crippen LogP contribution in [0.1, 0.15) is 29.7 Å². The van der Waals surface area contributed by atoms with E-state index in [-0.39, 0.29) is 22.9 Å². The van der Waals surface area contributed by atoms with E-state index in [1.54, 1.807) is 53.0 Å². The molecule has 1 aromatic heterocycles. The second kappa shape index (κ2) is 12.4. The largest absolute Gasteiger partial charge is 0.497 e. The van der Waals surface area contributed by atoms with Gasteiger partial charge in [-0.05, 0) is 73.2 Å². The number of nitriles is 1. The number of carbonyl (C=O) groups is 1. The average molecular weight is 593 g/mol. The van der Waals surface area contributed by atoms with Crippen molar-refractivity contribution in [3.63, 3.8) is 0 Å². The third-order valence-corrected chi connectivity index (χ3v) is 10.2. The summed E-state index contributed by atoms with van der Waals surface area (Å²) in [4.78, 5) is 20.4. The first-order valence-electron chi connectivity index (χ1n) is 14.0. The number of amides is 1. The highest BCUT2D eigenvalue weighted by molar-refractivity contribution is 7.89. The second-order valence-corrected chi connectivity index (χ2v) is 12.7. The highest BCUT2D eigenvalue weighted by Gasteiger charge is 2.38. The van der Waals surface area contributed by atoms with E-state index in [0.717, 1.165) is 16.9 Å². The zero-order valence-corrected chi connectivity index (χ0v) is 25.0. The number of likely N-dealkylation sites (tertiary alicyclic amines) is 1. The Morgan fingerprint density at radius 1 is 1.14 bits per heavy atom. The van der Waals surface area contributed by atoms with Gasteiger partial charge in [-0.1, -0.05) is 0 Å². The number of piperidine rings is 1. The Morgan fingerprint density at radius 2 is 1.88 bits per heavy atom. The lowest BCUT2D eigenvalue weighted by Gasteiger charge is -2.42. The van der Waals surface area contributed by atoms with Crippen molar-refractivity contribution in [2.45, 2.75) is 36.7 Å². The molecular weight excluding hydrogens is 556 g/mol. The van der Waals surface area contributed by atoms with Gasteiger partial charge in [0.25, 0.3) is 0 Å². The van der Waals surface area contributed by atoms with Crippen LogP contribution in [-0.4, -0.2) is 79.7 Å². The van der Waals surface area contributed by atoms with E-state index in [9.17, 15) is 18.5 Å². The molecule has 0 radical (unpaired) electrons. The fraction of sp³-hybridized carbons (Fsp3) is 0.433. The Morgan fingerprint density at radius 3 is 2.50 bits per heavy atom. The lowest BCUT2D eigenvalue weighted by molar-refractivity contribution is 0.101. The average Bonchev–Trinajstić information content (AvgIpc) is 3.42. The number of anilines is 1. The zero-order chi connectivity index (χ0) is 29.9. The minimum Gasteiger partial charge on any atom is -0.497 e. The quantitative estimate of drug-likeness (QED) is 0.390. The van der Waals surface area contributed by atoms with Crippen molar-refractivity contribution in [3.8, 4) is 11.8 Å². The number of imidazole rings is 1. The van der Waals surface area contributed by atoms with E-state index >= 15 is 0 Å². The standard InChI is InChI=1S/C30H36N6O5S/c1-33-21-32-17-26(33)20-35-19-25(15-24-14-23(16-31)4-9-29(24)35)36(18-22-10-12-34(13-11-22)30(37)41-3)42(38,39)28-7-5-27(40-2)6-8-28/h4-9,14,17,21-22,25H,10-13,15,18-20H2,1-3H3. The smallest absolute Gasteiger partial charge is 0.409 e. The number of aryl methyl sites for hydroxylation is 1. The van der Waals surface area contributed by atoms with E-state index in [0.29, 0.717) is 63.3 Å². The highest BCUT2D eigenvalue weighted by atomic mass is 32.2. The lowest BCUT2D eigenvalue weighted by Crippen LogP contribution is -2.53. The molecule has 0 spiro atoms. The molecule has 12 heteroatoms. The zero-order valence-electron chi connectivity index (χ0n) is 24.1. The van der Waals surface area contributed by atoms with Crippen LogP contribution < -0.4 is 9.64 Å². The highest BCUT2D eigenvalue weighted by Crippen LogP contribution is 2.34. The Balaban J connectivity index is 1.50. The van der Waals surface area contributed by atoms with Crippen molar-refractivity contribution in [3.05, 3.63) is 71.8 Å². The molecule has 1 fully saturated rings. The van der Waals surface area contributed by atoms with Gasteiger partial charge in [0.2, 0.25) is 10.0 Å². The summed E-state index contributed by atoms with van der Waals surface area (Å²) in [6, 6.07) is 13.9. The maximum absolute atomic E-state index is 14.4. The van der Waals surface area contributed by atoms with Crippen molar-refractivity contribution in [1.82, 2.24) is 18.8 Å². The number of methoxy groups -OCH3 is 2. The molecule has 0 bridgehead atoms. The number of sulfonamides is 1. The maximum atomic E-state index is 14.4. The number of hydrogen-bond donors (Lipinski definition) is 0. The molecule has 0 aliphatic carbocycles. The molecule has 222 valence electrons. The molecule has 0 saturated carbocycles. The van der Waals surface area contributed by atoms with Gasteiger partial charge in [0, 0.05) is 51.2 Å². The molecule has 2 aromatic carbocycles. The van der Waals surface area contributed by atoms with Crippen LogP contribution in [-0.2, 0) is 34.8 Å². The van der Waals surface area contributed by atoms with Crippen molar-refractivity contribution in [1.29, 1.82) is 5.26 Å². The van der Waals surface area contributed by atoms with E-state index in [4.69, 9.17) is 9.47 Å². The van der Waals surface area contributed by atoms with Gasteiger partial charge < -0.3 is 23.8 Å². The predicted octanol–water partition coefficient (Wildman–Crippen LogP) is 3.40. The first kappa shape index (κ1) is 29.4. The first-order chi connectivity index (χ1) is 20.2. The number of ether oxygens (including phenoxy) is 2. The summed E-state index contributed by atoms with van der Waals surface area (Å²) in [5.74, 6) is 0.643. The van der Waals surface area contributed by atoms with Crippen LogP contribution in [0.2, 0.25) is 0 Å². The number of hydrogen-bond acceptors (Lipinski definition) is 8. The number of aromatic nitrogens is 2. The lowest BCUT2D eigenvalue weighted by atomic mass is 9.93. The van der Waals surface area contributed by atoms with E-state index < -0.39 is 10.0 Å². The number of fused-ring (bicyclic) bond motifs is 1. The van der Waals surface area contributed by atoms with Crippen LogP contribution in [0.5, 0.6) is 5.75 Å². The summed E-state index contributed by atoms with van der Waals surface area (Å²) in [5.41, 5.74) is 3.45. The molecule has 2 aliphatic rings. The fourth-order valence-corrected chi connectivity index (χ4v) is 7.57. The Bertz CT molecular complexity index is 1560. The molecule has 1 unspecified atom stereocenters. The second-order valence-electron chi connectivity index (χ2n) is 10.8. The van der Waals surface area contributed by atoms with Gasteiger partial charge in [-0.25, -0.2) is 18.2 Å². The van der Waals surface area contributed by atoms with Gasteiger partial charge in [-0.2, -0.15) is 9.57 Å². The Kier molecular flexibility index (Phi) is 8.70. The summed E-state index contributed by atoms with van der Waals surface area (Å²) >= 11 is 0. The first-order valence-corrected chi connectivity index (χ1v) is 15.4. The molecular formula is C30H36N6O5S. The van der Waals surface area contributed by atoms with Crippen LogP contribution in [0.25, 0.3) is 0 Å². The third kappa shape index (κ3) is 6.07. The molecule has 1 amide bonds. The summed E-state index contributed by atoms with van der Waals surface area (Å²) in [7, 11) is 0.940. The molecule has 5 rings (SSSR count). The molecule has 2 aliphatic heterocycles. The number of nitrogens with zero attached hydrogens (tertiary/aromatic N) is 6. The van der Waals surface area contributed by atoms with Crippen LogP contribution in [0, 0.1) is 17.2 Å². The monoisotopic (exact) mass is 592 g/mol. The molecule has 1 saturated heterocycles. The van der Waals surface area contributed by atoms with Gasteiger partial charge in [0.1, 0.15) is 5.75 Å². The van der Waals surface area contributed by atoms with Gasteiger partial charge in [0.05, 0.1) is 49.3 Å². The van der Waals surface area contributed by atoms with Crippen molar-refractivity contribution in [2.24, 2.45) is 13.0 Å². The van der Waals surface area contributed by atoms with Gasteiger partial charge in [-0.3, -0.25) is 0 Å². The topological polar surface area (TPSA) is 121 Å². The van der Waals surface area contributed by atoms with Gasteiger partial charge in [0.15, 0.2) is 0 Å². The minimum absolute atomic E-state index is 0.0660. The summed E-state index contributed by atoms with van der Waals surface area (Å²) < 4.78 is 42.4. The van der Waals surface area contributed by atoms with Crippen LogP contribution in [0.4, 0.5) is 10.5 Å². The van der Waals surface area contributed by atoms with E-state index in [1.165, 1.54) is 7.11 Å². The van der Waals surface area contributed by atoms with Crippen molar-refractivity contribution >= 4 is 21.8 Å². The number of rotatable bonds is 8. The molecule has 3 aromatic rings. The fourth-order valence-electron chi connectivity index (χ4n) is 5.88. The maximum Gasteiger partial charge on any atom is 0.409 e. The van der Waals surface area contributed by atoms with E-state index in [1.807, 2.05) is 29.9 Å². The third-order valence-electron chi connectivity index (χ3n) is 8.26. The predicted molar refractivity (Wildman–Crippen MR) is 156 cm³/mol. The molecule has 3 heterocycles. The number of benzene rings is 2. The normalized spacial score (nSPS) is 17.5. The van der Waals surface area contributed by atoms with Gasteiger partial charge in [-0.15, -0.1) is 0 Å². The molecule has 42 heavy (non-hydrogen) atoms. The summed E-state index contributed by atoms with van der Waals surface area (Å²) in [5, 5.41) is 9.61. The number of carbonyl (C=O) groups excluding carboxylic acids is 1. The van der Waals surface area contributed by atoms with Crippen LogP contribution >= 0.6 is 0 Å². The summed E-state index contributed by atoms with van der Waals surface area (Å²) in [6.07, 6.45) is 5.02. The Hall–Kier alpha value is -4.08. The Labute approximate surface area is 246 Å². The van der Waals surface area contributed by atoms with E-state index in [2.05, 4.69) is 16.0 Å². The van der Waals surface area contributed by atoms with Crippen molar-refractivity contribution < 1.29 is 22.7 Å². The molecule has 0 N–H and O–H groups in total. The van der Waals surface area contributed by atoms with Crippen LogP contribution in [0.3, 0.4) is 0 Å². The summed E-state index contributed by atoms with van der Waals surface area (Å²) in [6.45, 7) is 2.36. The van der Waals surface area contributed by atoms with Crippen LogP contribution in [0.15, 0.2) is 59.9 Å². The minimum atomic E-state index is -3.91. The molecule has 1 atom stereocenters.